The van der Waals surface area contributed by atoms with Crippen LogP contribution in [0.25, 0.3) is 0 Å². The Bertz CT molecular complexity index is 1170. The van der Waals surface area contributed by atoms with Gasteiger partial charge in [0, 0.05) is 17.8 Å². The van der Waals surface area contributed by atoms with Crippen LogP contribution in [0.4, 0.5) is 11.4 Å². The lowest BCUT2D eigenvalue weighted by Crippen LogP contribution is -2.39. The molecule has 3 rings (SSSR count). The van der Waals surface area contributed by atoms with Crippen LogP contribution >= 0.6 is 0 Å². The molecule has 168 valence electrons. The van der Waals surface area contributed by atoms with Crippen LogP contribution in [0.15, 0.2) is 72.8 Å². The summed E-state index contributed by atoms with van der Waals surface area (Å²) in [5.74, 6) is 0.137. The van der Waals surface area contributed by atoms with Crippen molar-refractivity contribution in [3.05, 3.63) is 89.5 Å². The minimum absolute atomic E-state index is 0.167. The van der Waals surface area contributed by atoms with Gasteiger partial charge >= 0.3 is 0 Å². The molecule has 0 radical (unpaired) electrons. The number of nitrogens with one attached hydrogen (secondary N) is 2. The molecule has 0 saturated heterocycles. The summed E-state index contributed by atoms with van der Waals surface area (Å²) in [5.41, 5.74) is 3.19. The van der Waals surface area contributed by atoms with E-state index in [2.05, 4.69) is 16.7 Å². The van der Waals surface area contributed by atoms with Crippen LogP contribution in [0.3, 0.4) is 0 Å². The fourth-order valence-electron chi connectivity index (χ4n) is 3.26. The number of likely N-dealkylation sites (N-methyl/N-ethyl adjacent to an activating group) is 1. The molecule has 0 fully saturated rings. The molecule has 3 aromatic carbocycles. The molecule has 1 unspecified atom stereocenters. The summed E-state index contributed by atoms with van der Waals surface area (Å²) in [6.45, 7) is 2.35. The van der Waals surface area contributed by atoms with Gasteiger partial charge in [0.25, 0.3) is 5.91 Å². The highest BCUT2D eigenvalue weighted by Gasteiger charge is 2.19. The summed E-state index contributed by atoms with van der Waals surface area (Å²) in [6.07, 6.45) is 0. The van der Waals surface area contributed by atoms with E-state index in [4.69, 9.17) is 10.00 Å². The first-order chi connectivity index (χ1) is 15.9. The molecule has 2 amide bonds. The van der Waals surface area contributed by atoms with Crippen LogP contribution in [0.5, 0.6) is 5.75 Å². The molecule has 0 heterocycles. The van der Waals surface area contributed by atoms with Crippen molar-refractivity contribution >= 4 is 23.2 Å². The third kappa shape index (κ3) is 6.19. The van der Waals surface area contributed by atoms with E-state index in [-0.39, 0.29) is 11.8 Å². The molecule has 0 spiro atoms. The first-order valence-electron chi connectivity index (χ1n) is 10.5. The maximum atomic E-state index is 12.7. The van der Waals surface area contributed by atoms with Crippen LogP contribution in [0.1, 0.15) is 28.4 Å². The monoisotopic (exact) mass is 442 g/mol. The lowest BCUT2D eigenvalue weighted by atomic mass is 10.1. The number of nitriles is 1. The molecular weight excluding hydrogens is 416 g/mol. The maximum Gasteiger partial charge on any atom is 0.255 e. The fourth-order valence-corrected chi connectivity index (χ4v) is 3.26. The summed E-state index contributed by atoms with van der Waals surface area (Å²) in [7, 11) is 3.40. The van der Waals surface area contributed by atoms with Crippen molar-refractivity contribution in [2.24, 2.45) is 0 Å². The van der Waals surface area contributed by atoms with Crippen molar-refractivity contribution in [3.63, 3.8) is 0 Å². The van der Waals surface area contributed by atoms with Crippen molar-refractivity contribution in [1.82, 2.24) is 4.90 Å². The smallest absolute Gasteiger partial charge is 0.255 e. The zero-order chi connectivity index (χ0) is 23.8. The van der Waals surface area contributed by atoms with E-state index in [9.17, 15) is 9.59 Å². The number of benzene rings is 3. The number of carbonyl (C=O) groups excluding carboxylic acids is 2. The van der Waals surface area contributed by atoms with Gasteiger partial charge in [0.05, 0.1) is 30.5 Å². The van der Waals surface area contributed by atoms with E-state index in [1.54, 1.807) is 49.6 Å². The van der Waals surface area contributed by atoms with Gasteiger partial charge < -0.3 is 15.4 Å². The van der Waals surface area contributed by atoms with Crippen LogP contribution in [-0.4, -0.2) is 36.9 Å². The number of amides is 2. The Labute approximate surface area is 193 Å². The zero-order valence-electron chi connectivity index (χ0n) is 18.8. The summed E-state index contributed by atoms with van der Waals surface area (Å²) in [5, 5.41) is 14.8. The maximum absolute atomic E-state index is 12.7. The second kappa shape index (κ2) is 10.9. The second-order valence-corrected chi connectivity index (χ2v) is 7.62. The molecule has 3 aromatic rings. The number of hydrogen-bond acceptors (Lipinski definition) is 5. The van der Waals surface area contributed by atoms with E-state index in [0.29, 0.717) is 34.8 Å². The van der Waals surface area contributed by atoms with Crippen molar-refractivity contribution < 1.29 is 14.3 Å². The number of carbonyl (C=O) groups is 2. The van der Waals surface area contributed by atoms with Gasteiger partial charge in [-0.15, -0.1) is 0 Å². The minimum Gasteiger partial charge on any atom is -0.495 e. The third-order valence-electron chi connectivity index (χ3n) is 5.30. The standard InChI is InChI=1S/C26H26N4O3/c1-18(30(2)17-20-8-6-7-19(15-20)16-27)25(31)28-22-13-11-21(12-14-22)26(32)29-23-9-4-5-10-24(23)33-3/h4-15,18H,17H2,1-3H3,(H,28,31)(H,29,32). The van der Waals surface area contributed by atoms with Crippen LogP contribution in [0.2, 0.25) is 0 Å². The lowest BCUT2D eigenvalue weighted by molar-refractivity contribution is -0.120. The van der Waals surface area contributed by atoms with Crippen LogP contribution in [-0.2, 0) is 11.3 Å². The molecule has 0 aliphatic carbocycles. The van der Waals surface area contributed by atoms with Gasteiger partial charge in [-0.1, -0.05) is 24.3 Å². The summed E-state index contributed by atoms with van der Waals surface area (Å²) < 4.78 is 5.26. The number of methoxy groups -OCH3 is 1. The van der Waals surface area contributed by atoms with Gasteiger partial charge in [-0.05, 0) is 68.1 Å². The molecule has 1 atom stereocenters. The lowest BCUT2D eigenvalue weighted by Gasteiger charge is -2.24. The second-order valence-electron chi connectivity index (χ2n) is 7.62. The summed E-state index contributed by atoms with van der Waals surface area (Å²) >= 11 is 0. The number of ether oxygens (including phenoxy) is 1. The highest BCUT2D eigenvalue weighted by Crippen LogP contribution is 2.24. The number of rotatable bonds is 8. The summed E-state index contributed by atoms with van der Waals surface area (Å²) in [6, 6.07) is 22.9. The molecule has 0 aromatic heterocycles. The van der Waals surface area contributed by atoms with Crippen LogP contribution in [0, 0.1) is 11.3 Å². The zero-order valence-corrected chi connectivity index (χ0v) is 18.8. The largest absolute Gasteiger partial charge is 0.495 e. The molecule has 0 aliphatic rings. The molecule has 0 bridgehead atoms. The van der Waals surface area contributed by atoms with Gasteiger partial charge in [-0.2, -0.15) is 5.26 Å². The predicted octanol–water partition coefficient (Wildman–Crippen LogP) is 4.28. The number of anilines is 2. The minimum atomic E-state index is -0.399. The first kappa shape index (κ1) is 23.5. The van der Waals surface area contributed by atoms with Crippen molar-refractivity contribution in [1.29, 1.82) is 5.26 Å². The number of nitrogens with zero attached hydrogens (tertiary/aromatic N) is 2. The molecular formula is C26H26N4O3. The predicted molar refractivity (Wildman–Crippen MR) is 128 cm³/mol. The average molecular weight is 443 g/mol. The van der Waals surface area contributed by atoms with E-state index in [0.717, 1.165) is 5.56 Å². The average Bonchev–Trinajstić information content (AvgIpc) is 2.84. The van der Waals surface area contributed by atoms with E-state index in [1.807, 2.05) is 49.2 Å². The highest BCUT2D eigenvalue weighted by atomic mass is 16.5. The van der Waals surface area contributed by atoms with E-state index < -0.39 is 6.04 Å². The Morgan fingerprint density at radius 3 is 2.45 bits per heavy atom. The fraction of sp³-hybridized carbons (Fsp3) is 0.192. The van der Waals surface area contributed by atoms with Gasteiger partial charge in [0.2, 0.25) is 5.91 Å². The normalized spacial score (nSPS) is 11.4. The summed E-state index contributed by atoms with van der Waals surface area (Å²) in [4.78, 5) is 27.2. The Morgan fingerprint density at radius 1 is 1.03 bits per heavy atom. The van der Waals surface area contributed by atoms with Gasteiger partial charge in [-0.3, -0.25) is 14.5 Å². The Kier molecular flexibility index (Phi) is 7.79. The van der Waals surface area contributed by atoms with E-state index >= 15 is 0 Å². The first-order valence-corrected chi connectivity index (χ1v) is 10.5. The van der Waals surface area contributed by atoms with Crippen molar-refractivity contribution in [2.45, 2.75) is 19.5 Å². The quantitative estimate of drug-likeness (QED) is 0.543. The molecule has 0 aliphatic heterocycles. The molecule has 7 nitrogen and oxygen atoms in total. The number of hydrogen-bond donors (Lipinski definition) is 2. The van der Waals surface area contributed by atoms with Gasteiger partial charge in [-0.25, -0.2) is 0 Å². The Hall–Kier alpha value is -4.15. The topological polar surface area (TPSA) is 94.5 Å². The van der Waals surface area contributed by atoms with Crippen molar-refractivity contribution in [2.75, 3.05) is 24.8 Å². The highest BCUT2D eigenvalue weighted by molar-refractivity contribution is 6.05. The van der Waals surface area contributed by atoms with Crippen LogP contribution < -0.4 is 15.4 Å². The van der Waals surface area contributed by atoms with Gasteiger partial charge in [0.1, 0.15) is 5.75 Å². The Balaban J connectivity index is 1.58. The number of para-hydroxylation sites is 2. The van der Waals surface area contributed by atoms with Gasteiger partial charge in [0.15, 0.2) is 0 Å². The molecule has 7 heteroatoms. The SMILES string of the molecule is COc1ccccc1NC(=O)c1ccc(NC(=O)C(C)N(C)Cc2cccc(C#N)c2)cc1. The van der Waals surface area contributed by atoms with Crippen molar-refractivity contribution in [3.8, 4) is 11.8 Å². The third-order valence-corrected chi connectivity index (χ3v) is 5.30. The Morgan fingerprint density at radius 2 is 1.76 bits per heavy atom. The molecule has 33 heavy (non-hydrogen) atoms. The molecule has 2 N–H and O–H groups in total. The van der Waals surface area contributed by atoms with E-state index in [1.165, 1.54) is 0 Å². The molecule has 0 saturated carbocycles.